The second kappa shape index (κ2) is 13.6. The van der Waals surface area contributed by atoms with Crippen molar-refractivity contribution in [2.75, 3.05) is 30.8 Å². The highest BCUT2D eigenvalue weighted by atomic mass is 79.9. The topological polar surface area (TPSA) is 114 Å². The summed E-state index contributed by atoms with van der Waals surface area (Å²) in [5, 5.41) is 7.62. The third-order valence-electron chi connectivity index (χ3n) is 7.43. The van der Waals surface area contributed by atoms with Gasteiger partial charge in [0.05, 0.1) is 12.6 Å². The van der Waals surface area contributed by atoms with Crippen molar-refractivity contribution in [3.63, 3.8) is 0 Å². The second-order valence-electron chi connectivity index (χ2n) is 10.5. The second-order valence-corrected chi connectivity index (χ2v) is 13.2. The van der Waals surface area contributed by atoms with Crippen molar-refractivity contribution >= 4 is 54.3 Å². The van der Waals surface area contributed by atoms with Gasteiger partial charge in [-0.15, -0.1) is 13.2 Å². The third kappa shape index (κ3) is 8.30. The van der Waals surface area contributed by atoms with Crippen LogP contribution in [0.2, 0.25) is 0 Å². The molecule has 5 rings (SSSR count). The van der Waals surface area contributed by atoms with Crippen LogP contribution in [0.1, 0.15) is 25.7 Å². The quantitative estimate of drug-likeness (QED) is 0.151. The van der Waals surface area contributed by atoms with Gasteiger partial charge in [0, 0.05) is 34.7 Å². The fourth-order valence-corrected chi connectivity index (χ4v) is 6.74. The fraction of sp³-hybridized carbons (Fsp3) is 0.333. The Labute approximate surface area is 261 Å². The molecule has 3 N–H and O–H groups in total. The number of methoxy groups -OCH3 is 1. The lowest BCUT2D eigenvalue weighted by atomic mass is 9.82. The van der Waals surface area contributed by atoms with E-state index in [1.165, 1.54) is 6.07 Å². The molecule has 1 aliphatic carbocycles. The average molecular weight is 695 g/mol. The van der Waals surface area contributed by atoms with Crippen molar-refractivity contribution in [2.45, 2.75) is 36.9 Å². The van der Waals surface area contributed by atoms with Crippen LogP contribution in [-0.4, -0.2) is 44.9 Å². The van der Waals surface area contributed by atoms with Crippen molar-refractivity contribution in [1.29, 1.82) is 0 Å². The Kier molecular flexibility index (Phi) is 9.81. The van der Waals surface area contributed by atoms with Gasteiger partial charge < -0.3 is 20.1 Å². The van der Waals surface area contributed by atoms with Gasteiger partial charge in [0.1, 0.15) is 16.5 Å². The van der Waals surface area contributed by atoms with Crippen LogP contribution < -0.4 is 24.8 Å². The highest BCUT2D eigenvalue weighted by molar-refractivity contribution is 9.10. The van der Waals surface area contributed by atoms with E-state index in [1.807, 2.05) is 48.5 Å². The number of nitrogens with one attached hydrogen (secondary N) is 3. The van der Waals surface area contributed by atoms with E-state index in [2.05, 4.69) is 41.0 Å². The van der Waals surface area contributed by atoms with Gasteiger partial charge in [0.15, 0.2) is 5.75 Å². The summed E-state index contributed by atoms with van der Waals surface area (Å²) >= 11 is 3.05. The maximum absolute atomic E-state index is 12.9. The van der Waals surface area contributed by atoms with E-state index in [0.29, 0.717) is 24.2 Å². The molecule has 0 atom stereocenters. The summed E-state index contributed by atoms with van der Waals surface area (Å²) in [6, 6.07) is 18.7. The van der Waals surface area contributed by atoms with E-state index < -0.39 is 27.0 Å². The zero-order valence-electron chi connectivity index (χ0n) is 23.7. The highest BCUT2D eigenvalue weighted by Gasteiger charge is 2.34. The number of rotatable bonds is 11. The minimum absolute atomic E-state index is 0.0547. The molecule has 1 aromatic heterocycles. The molecular formula is C30H31BrF3N5O4S. The zero-order valence-corrected chi connectivity index (χ0v) is 26.1. The number of aromatic nitrogens is 2. The predicted molar refractivity (Wildman–Crippen MR) is 166 cm³/mol. The third-order valence-corrected chi connectivity index (χ3v) is 9.39. The van der Waals surface area contributed by atoms with E-state index in [4.69, 9.17) is 9.72 Å². The van der Waals surface area contributed by atoms with Crippen molar-refractivity contribution in [3.8, 4) is 11.5 Å². The summed E-state index contributed by atoms with van der Waals surface area (Å²) in [4.78, 5) is 8.86. The molecule has 0 aliphatic heterocycles. The van der Waals surface area contributed by atoms with Crippen LogP contribution in [-0.2, 0) is 10.0 Å². The van der Waals surface area contributed by atoms with E-state index in [9.17, 15) is 21.6 Å². The smallest absolute Gasteiger partial charge is 0.497 e. The number of fused-ring (bicyclic) bond motifs is 1. The lowest BCUT2D eigenvalue weighted by Gasteiger charge is -2.29. The van der Waals surface area contributed by atoms with Gasteiger partial charge in [-0.05, 0) is 80.0 Å². The number of ether oxygens (including phenoxy) is 2. The molecule has 1 fully saturated rings. The number of alkyl halides is 3. The number of hydrogen-bond acceptors (Lipinski definition) is 8. The van der Waals surface area contributed by atoms with Crippen molar-refractivity contribution < 1.29 is 31.1 Å². The summed E-state index contributed by atoms with van der Waals surface area (Å²) < 4.78 is 76.4. The average Bonchev–Trinajstić information content (AvgIpc) is 2.99. The standard InChI is InChI=1S/C30H31BrF3N5O4S/c1-42-23-6-4-5-22(16-23)37-28-24-7-2-3-8-25(24)38-29(39-28)35-17-19-9-11-20(12-10-19)18-36-44(40,41)27-14-13-21(31)15-26(27)43-30(32,33)34/h2-8,13-16,19-20,36H,9-12,17-18H2,1H3,(H2,35,37,38,39)/t19-,20-. The molecule has 234 valence electrons. The van der Waals surface area contributed by atoms with Crippen molar-refractivity contribution in [3.05, 3.63) is 71.2 Å². The Morgan fingerprint density at radius 2 is 1.66 bits per heavy atom. The number of benzene rings is 3. The number of nitrogens with zero attached hydrogens (tertiary/aromatic N) is 2. The van der Waals surface area contributed by atoms with Crippen LogP contribution in [0.3, 0.4) is 0 Å². The first-order valence-corrected chi connectivity index (χ1v) is 16.2. The fourth-order valence-electron chi connectivity index (χ4n) is 5.18. The van der Waals surface area contributed by atoms with Crippen molar-refractivity contribution in [1.82, 2.24) is 14.7 Å². The van der Waals surface area contributed by atoms with E-state index in [0.717, 1.165) is 60.2 Å². The van der Waals surface area contributed by atoms with Gasteiger partial charge >= 0.3 is 6.36 Å². The van der Waals surface area contributed by atoms with Gasteiger partial charge in [-0.2, -0.15) is 4.98 Å². The summed E-state index contributed by atoms with van der Waals surface area (Å²) in [6.07, 6.45) is -1.79. The molecule has 0 saturated heterocycles. The Balaban J connectivity index is 1.17. The molecule has 4 aromatic rings. The lowest BCUT2D eigenvalue weighted by Crippen LogP contribution is -2.33. The summed E-state index contributed by atoms with van der Waals surface area (Å²) in [5.74, 6) is 1.48. The van der Waals surface area contributed by atoms with Crippen molar-refractivity contribution in [2.24, 2.45) is 11.8 Å². The summed E-state index contributed by atoms with van der Waals surface area (Å²) in [7, 11) is -2.61. The van der Waals surface area contributed by atoms with Crippen LogP contribution in [0.4, 0.5) is 30.6 Å². The molecule has 1 heterocycles. The van der Waals surface area contributed by atoms with Crippen LogP contribution in [0.5, 0.6) is 11.5 Å². The first kappa shape index (κ1) is 31.8. The first-order valence-electron chi connectivity index (χ1n) is 14.0. The number of hydrogen-bond donors (Lipinski definition) is 3. The zero-order chi connectivity index (χ0) is 31.3. The Hall–Kier alpha value is -3.62. The minimum Gasteiger partial charge on any atom is -0.497 e. The summed E-state index contributed by atoms with van der Waals surface area (Å²) in [5.41, 5.74) is 1.62. The Bertz CT molecular complexity index is 1720. The van der Waals surface area contributed by atoms with E-state index >= 15 is 0 Å². The maximum atomic E-state index is 12.9. The molecule has 1 saturated carbocycles. The van der Waals surface area contributed by atoms with Gasteiger partial charge in [0.25, 0.3) is 0 Å². The van der Waals surface area contributed by atoms with Gasteiger partial charge in [0.2, 0.25) is 16.0 Å². The molecule has 0 amide bonds. The van der Waals surface area contributed by atoms with Gasteiger partial charge in [-0.1, -0.05) is 34.1 Å². The van der Waals surface area contributed by atoms with Gasteiger partial charge in [-0.3, -0.25) is 0 Å². The SMILES string of the molecule is COc1cccc(Nc2nc(NC[C@H]3CC[C@H](CNS(=O)(=O)c4ccc(Br)cc4OC(F)(F)F)CC3)nc3ccccc23)c1. The highest BCUT2D eigenvalue weighted by Crippen LogP contribution is 2.34. The molecular weight excluding hydrogens is 663 g/mol. The van der Waals surface area contributed by atoms with Crippen LogP contribution >= 0.6 is 15.9 Å². The largest absolute Gasteiger partial charge is 0.573 e. The minimum atomic E-state index is -5.02. The number of sulfonamides is 1. The molecule has 44 heavy (non-hydrogen) atoms. The van der Waals surface area contributed by atoms with Crippen LogP contribution in [0.25, 0.3) is 10.9 Å². The number of halogens is 4. The Morgan fingerprint density at radius 1 is 0.932 bits per heavy atom. The molecule has 1 aliphatic rings. The summed E-state index contributed by atoms with van der Waals surface area (Å²) in [6.45, 7) is 0.767. The first-order chi connectivity index (χ1) is 21.0. The van der Waals surface area contributed by atoms with Crippen LogP contribution in [0.15, 0.2) is 76.1 Å². The molecule has 3 aromatic carbocycles. The Morgan fingerprint density at radius 3 is 2.39 bits per heavy atom. The molecule has 14 heteroatoms. The van der Waals surface area contributed by atoms with Gasteiger partial charge in [-0.25, -0.2) is 18.1 Å². The molecule has 0 bridgehead atoms. The molecule has 9 nitrogen and oxygen atoms in total. The maximum Gasteiger partial charge on any atom is 0.573 e. The monoisotopic (exact) mass is 693 g/mol. The van der Waals surface area contributed by atoms with E-state index in [1.54, 1.807) is 7.11 Å². The lowest BCUT2D eigenvalue weighted by molar-refractivity contribution is -0.275. The normalized spacial score (nSPS) is 17.3. The van der Waals surface area contributed by atoms with E-state index in [-0.39, 0.29) is 16.9 Å². The number of anilines is 3. The molecule has 0 radical (unpaired) electrons. The number of para-hydroxylation sites is 1. The van der Waals surface area contributed by atoms with Crippen LogP contribution in [0, 0.1) is 11.8 Å². The molecule has 0 unspecified atom stereocenters. The molecule has 0 spiro atoms. The predicted octanol–water partition coefficient (Wildman–Crippen LogP) is 7.24.